The van der Waals surface area contributed by atoms with Gasteiger partial charge in [-0.25, -0.2) is 4.79 Å². The Kier molecular flexibility index (Phi) is 22.9. The third-order valence-electron chi connectivity index (χ3n) is 7.73. The van der Waals surface area contributed by atoms with Crippen LogP contribution in [0, 0.1) is 5.92 Å². The number of carbonyl (C=O) groups excluding carboxylic acids is 8. The zero-order valence-corrected chi connectivity index (χ0v) is 31.6. The average Bonchev–Trinajstić information content (AvgIpc) is 3.12. The van der Waals surface area contributed by atoms with Gasteiger partial charge in [0.15, 0.2) is 5.96 Å². The fraction of sp³-hybridized carbons (Fsp3) is 0.677. The molecule has 0 bridgehead atoms. The van der Waals surface area contributed by atoms with Crippen LogP contribution >= 0.6 is 0 Å². The highest BCUT2D eigenvalue weighted by Crippen LogP contribution is 2.07. The molecular formula is C31H56N12O13. The molecule has 0 fully saturated rings. The molecule has 0 heterocycles. The molecule has 0 spiro atoms. The molecule has 0 aliphatic heterocycles. The van der Waals surface area contributed by atoms with E-state index in [1.807, 2.05) is 10.6 Å². The van der Waals surface area contributed by atoms with Crippen LogP contribution in [0.25, 0.3) is 0 Å². The molecule has 25 nitrogen and oxygen atoms in total. The predicted octanol–water partition coefficient (Wildman–Crippen LogP) is -8.22. The molecule has 56 heavy (non-hydrogen) atoms. The van der Waals surface area contributed by atoms with E-state index in [0.29, 0.717) is 0 Å². The molecule has 8 unspecified atom stereocenters. The van der Waals surface area contributed by atoms with Crippen LogP contribution in [-0.4, -0.2) is 154 Å². The number of guanidine groups is 1. The molecule has 0 saturated carbocycles. The first-order chi connectivity index (χ1) is 26.1. The second kappa shape index (κ2) is 25.4. The maximum absolute atomic E-state index is 13.5. The summed E-state index contributed by atoms with van der Waals surface area (Å²) in [6, 6.07) is -11.7. The number of primary amides is 1. The van der Waals surface area contributed by atoms with E-state index in [1.165, 1.54) is 13.8 Å². The second-order valence-electron chi connectivity index (χ2n) is 12.9. The van der Waals surface area contributed by atoms with E-state index in [4.69, 9.17) is 33.1 Å². The molecule has 0 aromatic rings. The predicted molar refractivity (Wildman–Crippen MR) is 195 cm³/mol. The van der Waals surface area contributed by atoms with Gasteiger partial charge < -0.3 is 80.6 Å². The summed E-state index contributed by atoms with van der Waals surface area (Å²) >= 11 is 0. The van der Waals surface area contributed by atoms with Crippen molar-refractivity contribution >= 4 is 59.2 Å². The third kappa shape index (κ3) is 18.6. The number of carboxylic acids is 1. The van der Waals surface area contributed by atoms with Crippen molar-refractivity contribution in [3.05, 3.63) is 0 Å². The van der Waals surface area contributed by atoms with Gasteiger partial charge in [0.25, 0.3) is 0 Å². The van der Waals surface area contributed by atoms with Crippen LogP contribution in [0.1, 0.15) is 53.4 Å². The molecular weight excluding hydrogens is 748 g/mol. The van der Waals surface area contributed by atoms with Crippen LogP contribution in [0.4, 0.5) is 0 Å². The van der Waals surface area contributed by atoms with Gasteiger partial charge in [-0.1, -0.05) is 13.8 Å². The van der Waals surface area contributed by atoms with Gasteiger partial charge >= 0.3 is 5.97 Å². The van der Waals surface area contributed by atoms with Gasteiger partial charge in [-0.05, 0) is 39.0 Å². The van der Waals surface area contributed by atoms with E-state index in [9.17, 15) is 53.4 Å². The van der Waals surface area contributed by atoms with Gasteiger partial charge in [0.05, 0.1) is 25.9 Å². The minimum absolute atomic E-state index is 0.00297. The average molecular weight is 805 g/mol. The molecule has 25 heteroatoms. The zero-order chi connectivity index (χ0) is 43.3. The number of amides is 8. The number of hydrogen-bond acceptors (Lipinski definition) is 14. The second-order valence-corrected chi connectivity index (χ2v) is 12.9. The van der Waals surface area contributed by atoms with Crippen molar-refractivity contribution in [3.63, 3.8) is 0 Å². The van der Waals surface area contributed by atoms with Gasteiger partial charge in [-0.3, -0.25) is 43.3 Å². The molecule has 318 valence electrons. The summed E-state index contributed by atoms with van der Waals surface area (Å²) < 4.78 is 0. The maximum Gasteiger partial charge on any atom is 0.328 e. The fourth-order valence-corrected chi connectivity index (χ4v) is 4.48. The summed E-state index contributed by atoms with van der Waals surface area (Å²) in [5.41, 5.74) is 21.4. The highest BCUT2D eigenvalue weighted by Gasteiger charge is 2.34. The molecule has 0 aromatic carbocycles. The van der Waals surface area contributed by atoms with Crippen LogP contribution in [-0.2, 0) is 43.2 Å². The van der Waals surface area contributed by atoms with Crippen molar-refractivity contribution in [2.24, 2.45) is 33.8 Å². The highest BCUT2D eigenvalue weighted by molar-refractivity contribution is 5.97. The van der Waals surface area contributed by atoms with Crippen molar-refractivity contribution in [1.29, 1.82) is 0 Å². The molecule has 0 aliphatic carbocycles. The lowest BCUT2D eigenvalue weighted by atomic mass is 10.0. The number of hydrogen-bond donors (Lipinski definition) is 15. The lowest BCUT2D eigenvalue weighted by Gasteiger charge is -2.28. The summed E-state index contributed by atoms with van der Waals surface area (Å²) in [6.07, 6.45) is -0.546. The summed E-state index contributed by atoms with van der Waals surface area (Å²) in [7, 11) is 0. The minimum Gasteiger partial charge on any atom is -0.480 e. The Bertz CT molecular complexity index is 1420. The normalized spacial score (nSPS) is 15.2. The molecule has 0 radical (unpaired) electrons. The number of aliphatic carboxylic acids is 1. The van der Waals surface area contributed by atoms with Crippen LogP contribution in [0.15, 0.2) is 4.99 Å². The first-order valence-corrected chi connectivity index (χ1v) is 17.4. The summed E-state index contributed by atoms with van der Waals surface area (Å²) in [5, 5.41) is 53.5. The molecule has 8 atom stereocenters. The number of aliphatic hydroxyl groups excluding tert-OH is 3. The van der Waals surface area contributed by atoms with Crippen molar-refractivity contribution in [2.45, 2.75) is 102 Å². The van der Waals surface area contributed by atoms with Gasteiger partial charge in [-0.15, -0.1) is 0 Å². The topological polar surface area (TPSA) is 435 Å². The molecule has 8 amide bonds. The lowest BCUT2D eigenvalue weighted by molar-refractivity contribution is -0.143. The van der Waals surface area contributed by atoms with E-state index >= 15 is 0 Å². The van der Waals surface area contributed by atoms with E-state index in [2.05, 4.69) is 31.6 Å². The van der Waals surface area contributed by atoms with E-state index in [-0.39, 0.29) is 38.2 Å². The fourth-order valence-electron chi connectivity index (χ4n) is 4.48. The standard InChI is InChI=1S/C31H56N12O13/c1-13(2)22(43-24(49)15(4)37-25(50)17(7-8-21(33)47)38-23(48)14(3)32)29(54)39-16(6-5-9-36-31(34)35)26(51)40-18(10-44)27(52)41-19(11-45)28(53)42-20(12-46)30(55)56/h13-20,22,44-46H,5-12,32H2,1-4H3,(H2,33,47)(H,37,50)(H,38,48)(H,39,54)(H,40,51)(H,41,52)(H,42,53)(H,43,49)(H,55,56)(H4,34,35,36). The summed E-state index contributed by atoms with van der Waals surface area (Å²) in [6.45, 7) is 2.66. The molecule has 0 aromatic heterocycles. The van der Waals surface area contributed by atoms with Crippen LogP contribution < -0.4 is 60.2 Å². The Labute approximate surface area is 321 Å². The largest absolute Gasteiger partial charge is 0.480 e. The molecule has 0 saturated heterocycles. The zero-order valence-electron chi connectivity index (χ0n) is 31.6. The van der Waals surface area contributed by atoms with Crippen molar-refractivity contribution in [3.8, 4) is 0 Å². The number of nitrogens with two attached hydrogens (primary N) is 4. The minimum atomic E-state index is -1.77. The van der Waals surface area contributed by atoms with E-state index in [1.54, 1.807) is 13.8 Å². The summed E-state index contributed by atoms with van der Waals surface area (Å²) in [4.78, 5) is 117. The SMILES string of the molecule is CC(N)C(=O)NC(CCC(N)=O)C(=O)NC(C)C(=O)NC(C(=O)NC(CCCN=C(N)N)C(=O)NC(CO)C(=O)NC(CO)C(=O)NC(CO)C(=O)O)C(C)C. The number of carbonyl (C=O) groups is 9. The van der Waals surface area contributed by atoms with Crippen LogP contribution in [0.2, 0.25) is 0 Å². The third-order valence-corrected chi connectivity index (χ3v) is 7.73. The smallest absolute Gasteiger partial charge is 0.328 e. The Hall–Kier alpha value is -5.66. The van der Waals surface area contributed by atoms with E-state index in [0.717, 1.165) is 0 Å². The van der Waals surface area contributed by atoms with E-state index < -0.39 is 127 Å². The number of rotatable bonds is 26. The molecule has 0 aliphatic rings. The number of nitrogens with zero attached hydrogens (tertiary/aromatic N) is 1. The number of carboxylic acid groups (broad SMARTS) is 1. The van der Waals surface area contributed by atoms with Gasteiger partial charge in [0, 0.05) is 13.0 Å². The molecule has 0 rings (SSSR count). The van der Waals surface area contributed by atoms with Gasteiger partial charge in [-0.2, -0.15) is 0 Å². The highest BCUT2D eigenvalue weighted by atomic mass is 16.4. The first-order valence-electron chi connectivity index (χ1n) is 17.4. The Morgan fingerprint density at radius 2 is 0.982 bits per heavy atom. The first kappa shape index (κ1) is 50.3. The Balaban J connectivity index is 6.01. The van der Waals surface area contributed by atoms with Crippen LogP contribution in [0.3, 0.4) is 0 Å². The Morgan fingerprint density at radius 1 is 0.554 bits per heavy atom. The summed E-state index contributed by atoms with van der Waals surface area (Å²) in [5.74, 6) is -9.99. The number of aliphatic imine (C=N–C) groups is 1. The lowest BCUT2D eigenvalue weighted by Crippen LogP contribution is -2.61. The quantitative estimate of drug-likeness (QED) is 0.0219. The van der Waals surface area contributed by atoms with Crippen LogP contribution in [0.5, 0.6) is 0 Å². The van der Waals surface area contributed by atoms with Crippen molar-refractivity contribution in [1.82, 2.24) is 37.2 Å². The number of aliphatic hydroxyl groups is 3. The van der Waals surface area contributed by atoms with Crippen molar-refractivity contribution < 1.29 is 63.6 Å². The van der Waals surface area contributed by atoms with Gasteiger partial charge in [0.1, 0.15) is 42.3 Å². The molecule has 19 N–H and O–H groups in total. The van der Waals surface area contributed by atoms with Crippen molar-refractivity contribution in [2.75, 3.05) is 26.4 Å². The number of nitrogens with one attached hydrogen (secondary N) is 7. The Morgan fingerprint density at radius 3 is 1.41 bits per heavy atom. The van der Waals surface area contributed by atoms with Gasteiger partial charge in [0.2, 0.25) is 47.3 Å². The maximum atomic E-state index is 13.5. The monoisotopic (exact) mass is 804 g/mol.